The Bertz CT molecular complexity index is 1320. The van der Waals surface area contributed by atoms with E-state index in [1.807, 2.05) is 36.4 Å². The zero-order valence-electron chi connectivity index (χ0n) is 19.6. The third-order valence-electron chi connectivity index (χ3n) is 6.68. The van der Waals surface area contributed by atoms with Crippen molar-refractivity contribution in [1.82, 2.24) is 25.7 Å². The number of ketones is 1. The third-order valence-corrected chi connectivity index (χ3v) is 6.68. The number of halogens is 1. The van der Waals surface area contributed by atoms with Gasteiger partial charge in [0, 0.05) is 43.6 Å². The Labute approximate surface area is 203 Å². The third kappa shape index (κ3) is 4.88. The second-order valence-electron chi connectivity index (χ2n) is 9.04. The molecule has 1 fully saturated rings. The molecular weight excluding hydrogens is 445 g/mol. The minimum atomic E-state index is -0.512. The van der Waals surface area contributed by atoms with Crippen molar-refractivity contribution in [3.05, 3.63) is 111 Å². The molecule has 1 saturated heterocycles. The van der Waals surface area contributed by atoms with Gasteiger partial charge < -0.3 is 5.43 Å². The van der Waals surface area contributed by atoms with E-state index in [0.29, 0.717) is 43.6 Å². The van der Waals surface area contributed by atoms with Crippen LogP contribution >= 0.6 is 0 Å². The van der Waals surface area contributed by atoms with Crippen LogP contribution < -0.4 is 11.0 Å². The molecule has 2 aliphatic rings. The highest BCUT2D eigenvalue weighted by Crippen LogP contribution is 2.28. The number of aromatic amines is 1. The first-order valence-corrected chi connectivity index (χ1v) is 12.0. The number of nitrogens with one attached hydrogen (secondary N) is 2. The normalized spacial score (nSPS) is 17.6. The number of aromatic nitrogens is 2. The lowest BCUT2D eigenvalue weighted by atomic mass is 9.91. The molecule has 0 amide bonds. The number of carbonyl (C=O) groups excluding carboxylic acids is 1. The number of allylic oxidation sites excluding steroid dienone is 1. The van der Waals surface area contributed by atoms with Gasteiger partial charge in [-0.3, -0.25) is 14.6 Å². The monoisotopic (exact) mass is 473 g/mol. The summed E-state index contributed by atoms with van der Waals surface area (Å²) in [4.78, 5) is 25.1. The standard InChI is InChI=1S/C27H28FN5O2/c1-2-20-15-22(30-31-27(20)35)12-19-8-9-25(28)24(14-19)26(34)21-10-11-32-23(16-29-33(32)17-21)13-18-6-4-3-5-7-18/h3-9,14-16,21,29H,2,10-13,17H2,1H3,(H,31,35). The molecule has 2 N–H and O–H groups in total. The maximum absolute atomic E-state index is 14.7. The van der Waals surface area contributed by atoms with Crippen molar-refractivity contribution in [2.45, 2.75) is 32.6 Å². The number of Topliss-reactive ketones (excluding diaryl/α,β-unsaturated/α-hetero) is 1. The summed E-state index contributed by atoms with van der Waals surface area (Å²) in [6.07, 6.45) is 4.43. The van der Waals surface area contributed by atoms with Crippen LogP contribution in [-0.2, 0) is 19.3 Å². The Hall–Kier alpha value is -3.78. The van der Waals surface area contributed by atoms with Crippen LogP contribution in [-0.4, -0.2) is 39.2 Å². The van der Waals surface area contributed by atoms with Crippen molar-refractivity contribution in [3.8, 4) is 0 Å². The van der Waals surface area contributed by atoms with Crippen molar-refractivity contribution in [2.75, 3.05) is 13.1 Å². The minimum absolute atomic E-state index is 0.109. The molecule has 35 heavy (non-hydrogen) atoms. The van der Waals surface area contributed by atoms with Crippen LogP contribution in [0.1, 0.15) is 46.1 Å². The van der Waals surface area contributed by atoms with Crippen LogP contribution in [0.3, 0.4) is 0 Å². The minimum Gasteiger partial charge on any atom is -0.307 e. The van der Waals surface area contributed by atoms with Gasteiger partial charge in [-0.1, -0.05) is 43.3 Å². The fourth-order valence-corrected chi connectivity index (χ4v) is 4.75. The fourth-order valence-electron chi connectivity index (χ4n) is 4.75. The largest absolute Gasteiger partial charge is 0.307 e. The van der Waals surface area contributed by atoms with E-state index in [0.717, 1.165) is 17.7 Å². The van der Waals surface area contributed by atoms with Crippen molar-refractivity contribution >= 4 is 5.78 Å². The van der Waals surface area contributed by atoms with Crippen LogP contribution in [0.2, 0.25) is 0 Å². The number of hydrogen-bond acceptors (Lipinski definition) is 6. The molecule has 7 nitrogen and oxygen atoms in total. The molecule has 1 aromatic heterocycles. The molecule has 2 aromatic carbocycles. The Balaban J connectivity index is 1.27. The number of benzene rings is 2. The topological polar surface area (TPSA) is 81.3 Å². The lowest BCUT2D eigenvalue weighted by Crippen LogP contribution is -2.52. The Morgan fingerprint density at radius 3 is 2.74 bits per heavy atom. The summed E-state index contributed by atoms with van der Waals surface area (Å²) < 4.78 is 14.7. The molecular formula is C27H28FN5O2. The van der Waals surface area contributed by atoms with E-state index < -0.39 is 5.82 Å². The molecule has 180 valence electrons. The van der Waals surface area contributed by atoms with E-state index >= 15 is 0 Å². The summed E-state index contributed by atoms with van der Waals surface area (Å²) in [5.41, 5.74) is 7.64. The average molecular weight is 474 g/mol. The average Bonchev–Trinajstić information content (AvgIpc) is 3.28. The molecule has 3 heterocycles. The van der Waals surface area contributed by atoms with Crippen LogP contribution in [0.4, 0.5) is 4.39 Å². The van der Waals surface area contributed by atoms with Gasteiger partial charge >= 0.3 is 0 Å². The second kappa shape index (κ2) is 9.84. The predicted octanol–water partition coefficient (Wildman–Crippen LogP) is 3.39. The number of fused-ring (bicyclic) bond motifs is 1. The van der Waals surface area contributed by atoms with Gasteiger partial charge in [-0.15, -0.1) is 5.12 Å². The number of hydrazine groups is 2. The first-order valence-electron chi connectivity index (χ1n) is 12.0. The number of rotatable bonds is 7. The SMILES string of the molecule is CCc1cc(Cc2ccc(F)c(C(=O)C3CCN4C(Cc5ccccc5)=CNN4C3)c2)n[nH]c1=O. The van der Waals surface area contributed by atoms with Crippen molar-refractivity contribution in [1.29, 1.82) is 0 Å². The Morgan fingerprint density at radius 2 is 1.94 bits per heavy atom. The summed E-state index contributed by atoms with van der Waals surface area (Å²) in [6.45, 7) is 3.06. The number of nitrogens with zero attached hydrogens (tertiary/aromatic N) is 3. The fraction of sp³-hybridized carbons (Fsp3) is 0.296. The molecule has 5 rings (SSSR count). The number of aryl methyl sites for hydroxylation is 1. The van der Waals surface area contributed by atoms with Gasteiger partial charge in [-0.05, 0) is 42.2 Å². The van der Waals surface area contributed by atoms with Crippen LogP contribution in [0.15, 0.2) is 71.3 Å². The van der Waals surface area contributed by atoms with E-state index in [1.54, 1.807) is 18.2 Å². The van der Waals surface area contributed by atoms with Gasteiger partial charge in [0.1, 0.15) is 5.82 Å². The van der Waals surface area contributed by atoms with Crippen molar-refractivity contribution in [3.63, 3.8) is 0 Å². The summed E-state index contributed by atoms with van der Waals surface area (Å²) in [5.74, 6) is -1.01. The molecule has 0 spiro atoms. The van der Waals surface area contributed by atoms with E-state index in [9.17, 15) is 14.0 Å². The summed E-state index contributed by atoms with van der Waals surface area (Å²) >= 11 is 0. The highest BCUT2D eigenvalue weighted by molar-refractivity contribution is 5.98. The zero-order chi connectivity index (χ0) is 24.4. The number of carbonyl (C=O) groups is 1. The molecule has 0 saturated carbocycles. The lowest BCUT2D eigenvalue weighted by molar-refractivity contribution is -0.0472. The second-order valence-corrected chi connectivity index (χ2v) is 9.04. The summed E-state index contributed by atoms with van der Waals surface area (Å²) in [6, 6.07) is 16.6. The van der Waals surface area contributed by atoms with Crippen LogP contribution in [0, 0.1) is 11.7 Å². The molecule has 8 heteroatoms. The number of H-pyrrole nitrogens is 1. The van der Waals surface area contributed by atoms with Crippen LogP contribution in [0.25, 0.3) is 0 Å². The first-order chi connectivity index (χ1) is 17.0. The quantitative estimate of drug-likeness (QED) is 0.512. The first kappa shape index (κ1) is 23.0. The van der Waals surface area contributed by atoms with Gasteiger partial charge in [-0.2, -0.15) is 5.10 Å². The smallest absolute Gasteiger partial charge is 0.267 e. The summed E-state index contributed by atoms with van der Waals surface area (Å²) in [5, 5.41) is 10.7. The highest BCUT2D eigenvalue weighted by Gasteiger charge is 2.35. The molecule has 2 aliphatic heterocycles. The lowest BCUT2D eigenvalue weighted by Gasteiger charge is -2.39. The van der Waals surface area contributed by atoms with Crippen molar-refractivity contribution in [2.24, 2.45) is 5.92 Å². The maximum Gasteiger partial charge on any atom is 0.267 e. The van der Waals surface area contributed by atoms with Crippen molar-refractivity contribution < 1.29 is 9.18 Å². The molecule has 1 atom stereocenters. The maximum atomic E-state index is 14.7. The Kier molecular flexibility index (Phi) is 6.46. The molecule has 0 radical (unpaired) electrons. The molecule has 0 bridgehead atoms. The van der Waals surface area contributed by atoms with Gasteiger partial charge in [-0.25, -0.2) is 9.49 Å². The number of hydrogen-bond donors (Lipinski definition) is 2. The summed E-state index contributed by atoms with van der Waals surface area (Å²) in [7, 11) is 0. The highest BCUT2D eigenvalue weighted by atomic mass is 19.1. The van der Waals surface area contributed by atoms with E-state index in [1.165, 1.54) is 11.6 Å². The van der Waals surface area contributed by atoms with Gasteiger partial charge in [0.15, 0.2) is 5.78 Å². The van der Waals surface area contributed by atoms with E-state index in [-0.39, 0.29) is 22.8 Å². The van der Waals surface area contributed by atoms with E-state index in [4.69, 9.17) is 0 Å². The van der Waals surface area contributed by atoms with Crippen LogP contribution in [0.5, 0.6) is 0 Å². The molecule has 3 aromatic rings. The molecule has 1 unspecified atom stereocenters. The van der Waals surface area contributed by atoms with Gasteiger partial charge in [0.05, 0.1) is 17.0 Å². The van der Waals surface area contributed by atoms with E-state index in [2.05, 4.69) is 32.8 Å². The zero-order valence-corrected chi connectivity index (χ0v) is 19.6. The molecule has 0 aliphatic carbocycles. The predicted molar refractivity (Wildman–Crippen MR) is 131 cm³/mol. The van der Waals surface area contributed by atoms with Gasteiger partial charge in [0.25, 0.3) is 5.56 Å². The van der Waals surface area contributed by atoms with Gasteiger partial charge in [0.2, 0.25) is 0 Å². The Morgan fingerprint density at radius 1 is 1.11 bits per heavy atom.